The molecule has 0 saturated carbocycles. The van der Waals surface area contributed by atoms with Gasteiger partial charge in [-0.2, -0.15) is 0 Å². The Morgan fingerprint density at radius 2 is 1.84 bits per heavy atom. The van der Waals surface area contributed by atoms with Crippen LogP contribution in [0.5, 0.6) is 0 Å². The van der Waals surface area contributed by atoms with Crippen LogP contribution < -0.4 is 15.8 Å². The Hall–Kier alpha value is -1.60. The van der Waals surface area contributed by atoms with Crippen LogP contribution in [0.3, 0.4) is 0 Å². The van der Waals surface area contributed by atoms with E-state index in [9.17, 15) is 13.2 Å². The first-order valence-electron chi connectivity index (χ1n) is 5.76. The van der Waals surface area contributed by atoms with Gasteiger partial charge in [0.05, 0.1) is 12.2 Å². The third kappa shape index (κ3) is 5.27. The van der Waals surface area contributed by atoms with Crippen LogP contribution in [0.15, 0.2) is 29.2 Å². The maximum atomic E-state index is 11.6. The van der Waals surface area contributed by atoms with Gasteiger partial charge in [-0.1, -0.05) is 12.1 Å². The molecule has 0 aliphatic rings. The van der Waals surface area contributed by atoms with E-state index in [1.165, 1.54) is 6.07 Å². The van der Waals surface area contributed by atoms with Crippen molar-refractivity contribution in [3.8, 4) is 0 Å². The van der Waals surface area contributed by atoms with E-state index in [0.717, 1.165) is 0 Å². The van der Waals surface area contributed by atoms with Gasteiger partial charge in [0.1, 0.15) is 4.90 Å². The van der Waals surface area contributed by atoms with E-state index in [2.05, 4.69) is 10.6 Å². The molecule has 4 N–H and O–H groups in total. The molecular weight excluding hydrogens is 266 g/mol. The average molecular weight is 285 g/mol. The zero-order valence-corrected chi connectivity index (χ0v) is 12.0. The van der Waals surface area contributed by atoms with Crippen LogP contribution in [0.25, 0.3) is 0 Å². The number of hydrogen-bond donors (Lipinski definition) is 3. The second kappa shape index (κ2) is 5.58. The standard InChI is InChI=1S/C12H19N3O3S/c1-12(2,3)15-11(16)8-14-9-6-4-5-7-10(9)19(13,17)18/h4-7,14H,8H2,1-3H3,(H,15,16)(H2,13,17,18). The second-order valence-electron chi connectivity index (χ2n) is 5.19. The predicted molar refractivity (Wildman–Crippen MR) is 74.2 cm³/mol. The summed E-state index contributed by atoms with van der Waals surface area (Å²) in [4.78, 5) is 11.6. The molecule has 0 radical (unpaired) electrons. The number of para-hydroxylation sites is 1. The van der Waals surface area contributed by atoms with Gasteiger partial charge in [0, 0.05) is 5.54 Å². The summed E-state index contributed by atoms with van der Waals surface area (Å²) in [5, 5.41) is 10.6. The van der Waals surface area contributed by atoms with Crippen molar-refractivity contribution in [3.63, 3.8) is 0 Å². The maximum absolute atomic E-state index is 11.6. The van der Waals surface area contributed by atoms with Gasteiger partial charge in [0.25, 0.3) is 0 Å². The van der Waals surface area contributed by atoms with E-state index >= 15 is 0 Å². The van der Waals surface area contributed by atoms with Gasteiger partial charge >= 0.3 is 0 Å². The molecular formula is C12H19N3O3S. The van der Waals surface area contributed by atoms with Crippen LogP contribution in [-0.4, -0.2) is 26.4 Å². The van der Waals surface area contributed by atoms with E-state index in [4.69, 9.17) is 5.14 Å². The van der Waals surface area contributed by atoms with Crippen LogP contribution in [0.1, 0.15) is 20.8 Å². The summed E-state index contributed by atoms with van der Waals surface area (Å²) in [6.07, 6.45) is 0. The van der Waals surface area contributed by atoms with Crippen molar-refractivity contribution in [1.82, 2.24) is 5.32 Å². The van der Waals surface area contributed by atoms with Crippen molar-refractivity contribution in [2.24, 2.45) is 5.14 Å². The fourth-order valence-electron chi connectivity index (χ4n) is 1.50. The Balaban J connectivity index is 2.77. The first kappa shape index (κ1) is 15.5. The summed E-state index contributed by atoms with van der Waals surface area (Å²) in [6, 6.07) is 6.18. The summed E-state index contributed by atoms with van der Waals surface area (Å²) in [6.45, 7) is 5.57. The maximum Gasteiger partial charge on any atom is 0.240 e. The molecule has 6 nitrogen and oxygen atoms in total. The highest BCUT2D eigenvalue weighted by Crippen LogP contribution is 2.18. The Labute approximate surface area is 113 Å². The number of sulfonamides is 1. The quantitative estimate of drug-likeness (QED) is 0.756. The molecule has 106 valence electrons. The van der Waals surface area contributed by atoms with Crippen LogP contribution in [0.2, 0.25) is 0 Å². The number of nitrogens with two attached hydrogens (primary N) is 1. The van der Waals surface area contributed by atoms with Crippen LogP contribution in [0.4, 0.5) is 5.69 Å². The fraction of sp³-hybridized carbons (Fsp3) is 0.417. The SMILES string of the molecule is CC(C)(C)NC(=O)CNc1ccccc1S(N)(=O)=O. The summed E-state index contributed by atoms with van der Waals surface area (Å²) >= 11 is 0. The van der Waals surface area contributed by atoms with E-state index in [0.29, 0.717) is 5.69 Å². The van der Waals surface area contributed by atoms with Crippen molar-refractivity contribution in [1.29, 1.82) is 0 Å². The molecule has 7 heteroatoms. The second-order valence-corrected chi connectivity index (χ2v) is 6.72. The molecule has 1 aromatic carbocycles. The Kier molecular flexibility index (Phi) is 4.54. The highest BCUT2D eigenvalue weighted by molar-refractivity contribution is 7.89. The molecule has 0 unspecified atom stereocenters. The third-order valence-corrected chi connectivity index (χ3v) is 3.12. The lowest BCUT2D eigenvalue weighted by molar-refractivity contribution is -0.120. The van der Waals surface area contributed by atoms with Crippen molar-refractivity contribution in [2.45, 2.75) is 31.2 Å². The number of carbonyl (C=O) groups excluding carboxylic acids is 1. The first-order valence-corrected chi connectivity index (χ1v) is 7.31. The minimum Gasteiger partial charge on any atom is -0.375 e. The van der Waals surface area contributed by atoms with Crippen LogP contribution in [0, 0.1) is 0 Å². The molecule has 0 fully saturated rings. The van der Waals surface area contributed by atoms with Gasteiger partial charge in [-0.05, 0) is 32.9 Å². The van der Waals surface area contributed by atoms with Crippen LogP contribution >= 0.6 is 0 Å². The highest BCUT2D eigenvalue weighted by atomic mass is 32.2. The summed E-state index contributed by atoms with van der Waals surface area (Å²) in [7, 11) is -3.81. The third-order valence-electron chi connectivity index (χ3n) is 2.15. The van der Waals surface area contributed by atoms with Crippen molar-refractivity contribution >= 4 is 21.6 Å². The Bertz CT molecular complexity index is 562. The van der Waals surface area contributed by atoms with E-state index in [1.54, 1.807) is 18.2 Å². The molecule has 1 aromatic rings. The number of amides is 1. The van der Waals surface area contributed by atoms with Crippen molar-refractivity contribution in [2.75, 3.05) is 11.9 Å². The summed E-state index contributed by atoms with van der Waals surface area (Å²) in [5.74, 6) is -0.225. The van der Waals surface area contributed by atoms with E-state index in [-0.39, 0.29) is 22.9 Å². The number of benzene rings is 1. The zero-order valence-electron chi connectivity index (χ0n) is 11.2. The van der Waals surface area contributed by atoms with Gasteiger partial charge < -0.3 is 10.6 Å². The molecule has 0 aliphatic carbocycles. The van der Waals surface area contributed by atoms with Gasteiger partial charge in [-0.25, -0.2) is 13.6 Å². The zero-order chi connectivity index (χ0) is 14.7. The first-order chi connectivity index (χ1) is 8.59. The van der Waals surface area contributed by atoms with Gasteiger partial charge in [-0.3, -0.25) is 4.79 Å². The largest absolute Gasteiger partial charge is 0.375 e. The minimum atomic E-state index is -3.81. The Morgan fingerprint density at radius 3 is 2.37 bits per heavy atom. The van der Waals surface area contributed by atoms with E-state index in [1.807, 2.05) is 20.8 Å². The predicted octanol–water partition coefficient (Wildman–Crippen LogP) is 0.661. The molecule has 19 heavy (non-hydrogen) atoms. The summed E-state index contributed by atoms with van der Waals surface area (Å²) < 4.78 is 22.7. The number of hydrogen-bond acceptors (Lipinski definition) is 4. The number of rotatable bonds is 4. The molecule has 0 bridgehead atoms. The topological polar surface area (TPSA) is 101 Å². The normalized spacial score (nSPS) is 12.0. The van der Waals surface area contributed by atoms with Gasteiger partial charge in [0.15, 0.2) is 0 Å². The van der Waals surface area contributed by atoms with E-state index < -0.39 is 10.0 Å². The lowest BCUT2D eigenvalue weighted by Crippen LogP contribution is -2.43. The molecule has 0 heterocycles. The van der Waals surface area contributed by atoms with Crippen molar-refractivity contribution in [3.05, 3.63) is 24.3 Å². The van der Waals surface area contributed by atoms with Gasteiger partial charge in [-0.15, -0.1) is 0 Å². The molecule has 0 saturated heterocycles. The summed E-state index contributed by atoms with van der Waals surface area (Å²) in [5.41, 5.74) is -0.0212. The highest BCUT2D eigenvalue weighted by Gasteiger charge is 2.16. The smallest absolute Gasteiger partial charge is 0.240 e. The molecule has 1 rings (SSSR count). The average Bonchev–Trinajstić information content (AvgIpc) is 2.23. The van der Waals surface area contributed by atoms with Gasteiger partial charge in [0.2, 0.25) is 15.9 Å². The number of primary sulfonamides is 1. The number of carbonyl (C=O) groups is 1. The lowest BCUT2D eigenvalue weighted by Gasteiger charge is -2.21. The van der Waals surface area contributed by atoms with Crippen molar-refractivity contribution < 1.29 is 13.2 Å². The lowest BCUT2D eigenvalue weighted by atomic mass is 10.1. The minimum absolute atomic E-state index is 0.0240. The fourth-order valence-corrected chi connectivity index (χ4v) is 2.21. The molecule has 1 amide bonds. The molecule has 0 atom stereocenters. The molecule has 0 spiro atoms. The molecule has 0 aromatic heterocycles. The number of anilines is 1. The Morgan fingerprint density at radius 1 is 1.26 bits per heavy atom. The monoisotopic (exact) mass is 285 g/mol. The number of nitrogens with one attached hydrogen (secondary N) is 2. The van der Waals surface area contributed by atoms with Crippen LogP contribution in [-0.2, 0) is 14.8 Å². The molecule has 0 aliphatic heterocycles.